The van der Waals surface area contributed by atoms with Crippen LogP contribution in [0.25, 0.3) is 0 Å². The zero-order valence-electron chi connectivity index (χ0n) is 9.98. The van der Waals surface area contributed by atoms with Crippen molar-refractivity contribution in [3.05, 3.63) is 35.9 Å². The summed E-state index contributed by atoms with van der Waals surface area (Å²) >= 11 is 5.62. The number of hydrogen-bond acceptors (Lipinski definition) is 2. The fraction of sp³-hybridized carbons (Fsp3) is 0.462. The van der Waals surface area contributed by atoms with E-state index in [0.29, 0.717) is 0 Å². The van der Waals surface area contributed by atoms with E-state index in [-0.39, 0.29) is 17.2 Å². The Hall–Kier alpha value is -0.860. The highest BCUT2D eigenvalue weighted by atomic mass is 35.5. The van der Waals surface area contributed by atoms with E-state index in [1.54, 1.807) is 0 Å². The van der Waals surface area contributed by atoms with Gasteiger partial charge in [0.15, 0.2) is 0 Å². The highest BCUT2D eigenvalue weighted by Crippen LogP contribution is 2.15. The van der Waals surface area contributed by atoms with Gasteiger partial charge in [-0.1, -0.05) is 44.2 Å². The summed E-state index contributed by atoms with van der Waals surface area (Å²) in [4.78, 5) is 13.3. The van der Waals surface area contributed by atoms with Crippen LogP contribution in [0.3, 0.4) is 0 Å². The van der Waals surface area contributed by atoms with E-state index < -0.39 is 0 Å². The summed E-state index contributed by atoms with van der Waals surface area (Å²) in [5, 5.41) is -0.284. The van der Waals surface area contributed by atoms with E-state index in [1.165, 1.54) is 5.56 Å². The van der Waals surface area contributed by atoms with Crippen molar-refractivity contribution in [3.8, 4) is 0 Å². The van der Waals surface area contributed by atoms with Gasteiger partial charge in [-0.05, 0) is 30.1 Å². The average molecular weight is 240 g/mol. The van der Waals surface area contributed by atoms with Crippen LogP contribution in [0.4, 0.5) is 0 Å². The second kappa shape index (κ2) is 6.02. The zero-order valence-corrected chi connectivity index (χ0v) is 10.7. The van der Waals surface area contributed by atoms with Crippen LogP contribution in [0.1, 0.15) is 19.4 Å². The van der Waals surface area contributed by atoms with E-state index in [0.717, 1.165) is 6.54 Å². The first-order valence-electron chi connectivity index (χ1n) is 5.46. The van der Waals surface area contributed by atoms with Gasteiger partial charge in [0.25, 0.3) is 0 Å². The molecule has 0 bridgehead atoms. The molecule has 0 aromatic heterocycles. The van der Waals surface area contributed by atoms with Gasteiger partial charge < -0.3 is 0 Å². The Labute approximate surface area is 102 Å². The molecule has 0 spiro atoms. The predicted octanol–water partition coefficient (Wildman–Crippen LogP) is 2.91. The number of rotatable bonds is 5. The monoisotopic (exact) mass is 239 g/mol. The van der Waals surface area contributed by atoms with Crippen molar-refractivity contribution < 1.29 is 4.79 Å². The molecule has 0 saturated heterocycles. The fourth-order valence-corrected chi connectivity index (χ4v) is 2.33. The molecule has 1 atom stereocenters. The first-order chi connectivity index (χ1) is 7.52. The molecule has 0 radical (unpaired) electrons. The molecule has 1 rings (SSSR count). The van der Waals surface area contributed by atoms with Gasteiger partial charge in [0.2, 0.25) is 5.24 Å². The van der Waals surface area contributed by atoms with Crippen LogP contribution in [0.15, 0.2) is 30.3 Å². The number of nitrogens with zero attached hydrogens (tertiary/aromatic N) is 1. The normalized spacial score (nSPS) is 13.1. The van der Waals surface area contributed by atoms with Crippen LogP contribution in [-0.2, 0) is 11.3 Å². The number of carbonyl (C=O) groups excluding carboxylic acids is 1. The lowest BCUT2D eigenvalue weighted by atomic mass is 10.0. The SMILES string of the molecule is CC(C)C(C(=O)Cl)N(C)Cc1ccccc1. The molecule has 0 aliphatic carbocycles. The molecule has 2 nitrogen and oxygen atoms in total. The maximum Gasteiger partial charge on any atom is 0.239 e. The molecule has 16 heavy (non-hydrogen) atoms. The van der Waals surface area contributed by atoms with Gasteiger partial charge in [0.05, 0.1) is 6.04 Å². The molecule has 1 unspecified atom stereocenters. The molecule has 0 amide bonds. The molecule has 0 heterocycles. The van der Waals surface area contributed by atoms with Crippen molar-refractivity contribution in [2.75, 3.05) is 7.05 Å². The Balaban J connectivity index is 2.70. The Morgan fingerprint density at radius 2 is 1.88 bits per heavy atom. The van der Waals surface area contributed by atoms with Gasteiger partial charge in [-0.2, -0.15) is 0 Å². The Bertz CT molecular complexity index is 337. The highest BCUT2D eigenvalue weighted by Gasteiger charge is 2.24. The van der Waals surface area contributed by atoms with Crippen LogP contribution in [0.5, 0.6) is 0 Å². The van der Waals surface area contributed by atoms with Crippen molar-refractivity contribution >= 4 is 16.8 Å². The first-order valence-corrected chi connectivity index (χ1v) is 5.83. The second-order valence-electron chi connectivity index (χ2n) is 4.39. The van der Waals surface area contributed by atoms with Crippen LogP contribution >= 0.6 is 11.6 Å². The fourth-order valence-electron chi connectivity index (χ4n) is 1.91. The minimum Gasteiger partial charge on any atom is -0.291 e. The highest BCUT2D eigenvalue weighted by molar-refractivity contribution is 6.64. The van der Waals surface area contributed by atoms with Gasteiger partial charge in [-0.3, -0.25) is 9.69 Å². The first kappa shape index (κ1) is 13.2. The van der Waals surface area contributed by atoms with E-state index in [9.17, 15) is 4.79 Å². The van der Waals surface area contributed by atoms with Crippen LogP contribution in [0.2, 0.25) is 0 Å². The van der Waals surface area contributed by atoms with Gasteiger partial charge in [-0.15, -0.1) is 0 Å². The molecule has 0 fully saturated rings. The molecule has 0 saturated carbocycles. The van der Waals surface area contributed by atoms with Crippen molar-refractivity contribution in [1.29, 1.82) is 0 Å². The molecule has 88 valence electrons. The van der Waals surface area contributed by atoms with Crippen LogP contribution < -0.4 is 0 Å². The summed E-state index contributed by atoms with van der Waals surface area (Å²) < 4.78 is 0. The van der Waals surface area contributed by atoms with Crippen molar-refractivity contribution in [3.63, 3.8) is 0 Å². The summed E-state index contributed by atoms with van der Waals surface area (Å²) in [7, 11) is 1.93. The third-order valence-electron chi connectivity index (χ3n) is 2.61. The predicted molar refractivity (Wildman–Crippen MR) is 67.4 cm³/mol. The van der Waals surface area contributed by atoms with Gasteiger partial charge in [0, 0.05) is 6.54 Å². The third kappa shape index (κ3) is 3.62. The maximum atomic E-state index is 11.3. The molecule has 1 aromatic rings. The lowest BCUT2D eigenvalue weighted by Crippen LogP contribution is -2.39. The molecule has 0 aliphatic heterocycles. The van der Waals surface area contributed by atoms with E-state index in [2.05, 4.69) is 0 Å². The summed E-state index contributed by atoms with van der Waals surface area (Å²) in [6.07, 6.45) is 0. The summed E-state index contributed by atoms with van der Waals surface area (Å²) in [6, 6.07) is 9.85. The Morgan fingerprint density at radius 3 is 2.31 bits per heavy atom. The molecule has 3 heteroatoms. The van der Waals surface area contributed by atoms with Gasteiger partial charge in [-0.25, -0.2) is 0 Å². The van der Waals surface area contributed by atoms with Crippen LogP contribution in [-0.4, -0.2) is 23.2 Å². The molecular formula is C13H18ClNO. The summed E-state index contributed by atoms with van der Waals surface area (Å²) in [6.45, 7) is 4.75. The average Bonchev–Trinajstić information content (AvgIpc) is 2.17. The van der Waals surface area contributed by atoms with Crippen molar-refractivity contribution in [1.82, 2.24) is 4.90 Å². The van der Waals surface area contributed by atoms with Crippen LogP contribution in [0, 0.1) is 5.92 Å². The van der Waals surface area contributed by atoms with E-state index >= 15 is 0 Å². The summed E-state index contributed by atoms with van der Waals surface area (Å²) in [5.41, 5.74) is 1.19. The smallest absolute Gasteiger partial charge is 0.239 e. The van der Waals surface area contributed by atoms with Crippen molar-refractivity contribution in [2.24, 2.45) is 5.92 Å². The van der Waals surface area contributed by atoms with Crippen molar-refractivity contribution in [2.45, 2.75) is 26.4 Å². The number of carbonyl (C=O) groups is 1. The topological polar surface area (TPSA) is 20.3 Å². The quantitative estimate of drug-likeness (QED) is 0.737. The number of hydrogen-bond donors (Lipinski definition) is 0. The second-order valence-corrected chi connectivity index (χ2v) is 4.77. The maximum absolute atomic E-state index is 11.3. The van der Waals surface area contributed by atoms with Gasteiger partial charge in [0.1, 0.15) is 0 Å². The lowest BCUT2D eigenvalue weighted by Gasteiger charge is -2.28. The summed E-state index contributed by atoms with van der Waals surface area (Å²) in [5.74, 6) is 0.221. The Morgan fingerprint density at radius 1 is 1.31 bits per heavy atom. The van der Waals surface area contributed by atoms with E-state index in [4.69, 9.17) is 11.6 Å². The molecule has 1 aromatic carbocycles. The molecule has 0 aliphatic rings. The minimum absolute atomic E-state index is 0.220. The van der Waals surface area contributed by atoms with E-state index in [1.807, 2.05) is 56.1 Å². The number of benzene rings is 1. The minimum atomic E-state index is -0.284. The van der Waals surface area contributed by atoms with Gasteiger partial charge >= 0.3 is 0 Å². The number of likely N-dealkylation sites (N-methyl/N-ethyl adjacent to an activating group) is 1. The number of halogens is 1. The largest absolute Gasteiger partial charge is 0.291 e. The Kier molecular flexibility index (Phi) is 4.97. The lowest BCUT2D eigenvalue weighted by molar-refractivity contribution is -0.117. The zero-order chi connectivity index (χ0) is 12.1. The molecular weight excluding hydrogens is 222 g/mol. The standard InChI is InChI=1S/C13H18ClNO/c1-10(2)12(13(14)16)15(3)9-11-7-5-4-6-8-11/h4-8,10,12H,9H2,1-3H3. The third-order valence-corrected chi connectivity index (χ3v) is 2.84. The molecule has 0 N–H and O–H groups in total.